The lowest BCUT2D eigenvalue weighted by Gasteiger charge is -2.36. The Hall–Kier alpha value is -0.590. The second-order valence-corrected chi connectivity index (χ2v) is 2.43. The molecule has 0 bridgehead atoms. The molecule has 1 fully saturated rings. The van der Waals surface area contributed by atoms with Gasteiger partial charge >= 0.3 is 0 Å². The molecule has 1 saturated heterocycles. The van der Waals surface area contributed by atoms with E-state index in [4.69, 9.17) is 10.00 Å². The van der Waals surface area contributed by atoms with Crippen LogP contribution in [-0.2, 0) is 4.74 Å². The van der Waals surface area contributed by atoms with Gasteiger partial charge in [0, 0.05) is 19.7 Å². The lowest BCUT2D eigenvalue weighted by molar-refractivity contribution is -0.0436. The molecule has 0 spiro atoms. The van der Waals surface area contributed by atoms with Crippen LogP contribution in [0, 0.1) is 11.3 Å². The maximum atomic E-state index is 8.29. The molecule has 0 aromatic rings. The first-order chi connectivity index (χ1) is 4.86. The molecule has 1 heterocycles. The summed E-state index contributed by atoms with van der Waals surface area (Å²) >= 11 is 0. The van der Waals surface area contributed by atoms with Gasteiger partial charge in [-0.05, 0) is 6.92 Å². The van der Waals surface area contributed by atoms with Crippen LogP contribution in [0.15, 0.2) is 0 Å². The molecule has 0 aliphatic carbocycles. The van der Waals surface area contributed by atoms with Gasteiger partial charge in [-0.2, -0.15) is 5.26 Å². The zero-order chi connectivity index (χ0) is 7.40. The van der Waals surface area contributed by atoms with Crippen molar-refractivity contribution in [2.24, 2.45) is 0 Å². The van der Waals surface area contributed by atoms with Crippen LogP contribution in [0.1, 0.15) is 6.92 Å². The lowest BCUT2D eigenvalue weighted by Crippen LogP contribution is -2.52. The van der Waals surface area contributed by atoms with Gasteiger partial charge in [0.1, 0.15) is 0 Å². The third kappa shape index (κ3) is 1.69. The molecule has 3 heteroatoms. The first kappa shape index (κ1) is 7.52. The van der Waals surface area contributed by atoms with Crippen molar-refractivity contribution in [2.75, 3.05) is 26.2 Å². The third-order valence-electron chi connectivity index (χ3n) is 1.62. The highest BCUT2D eigenvalue weighted by atomic mass is 16.5. The predicted molar refractivity (Wildman–Crippen MR) is 37.5 cm³/mol. The number of hydrogen-bond donors (Lipinski definition) is 0. The van der Waals surface area contributed by atoms with E-state index in [2.05, 4.69) is 11.0 Å². The van der Waals surface area contributed by atoms with Gasteiger partial charge < -0.3 is 4.74 Å². The molecule has 1 rings (SSSR count). The summed E-state index contributed by atoms with van der Waals surface area (Å²) in [5.41, 5.74) is 0. The Labute approximate surface area is 61.2 Å². The van der Waals surface area contributed by atoms with Crippen LogP contribution in [0.2, 0.25) is 0 Å². The maximum absolute atomic E-state index is 8.29. The average molecular weight is 140 g/mol. The van der Waals surface area contributed by atoms with Gasteiger partial charge in [0.15, 0.2) is 0 Å². The molecular weight excluding hydrogens is 128 g/mol. The normalized spacial score (nSPS) is 20.0. The smallest absolute Gasteiger partial charge is 0.0867 e. The summed E-state index contributed by atoms with van der Waals surface area (Å²) in [6, 6.07) is 2.10. The van der Waals surface area contributed by atoms with Crippen LogP contribution < -0.4 is 0 Å². The third-order valence-corrected chi connectivity index (χ3v) is 1.62. The van der Waals surface area contributed by atoms with Crippen molar-refractivity contribution in [2.45, 2.75) is 13.0 Å². The summed E-state index contributed by atoms with van der Waals surface area (Å²) in [5.74, 6) is 0. The molecule has 1 aliphatic rings. The highest BCUT2D eigenvalue weighted by Crippen LogP contribution is 2.09. The average Bonchev–Trinajstić information content (AvgIpc) is 1.84. The van der Waals surface area contributed by atoms with Crippen LogP contribution in [0.5, 0.6) is 0 Å². The van der Waals surface area contributed by atoms with Crippen molar-refractivity contribution in [1.29, 1.82) is 5.26 Å². The van der Waals surface area contributed by atoms with Crippen molar-refractivity contribution in [3.63, 3.8) is 0 Å². The molecule has 56 valence electrons. The van der Waals surface area contributed by atoms with Crippen molar-refractivity contribution < 1.29 is 4.74 Å². The highest BCUT2D eigenvalue weighted by Gasteiger charge is 2.25. The molecule has 0 saturated carbocycles. The van der Waals surface area contributed by atoms with E-state index in [1.165, 1.54) is 0 Å². The molecule has 0 amide bonds. The predicted octanol–water partition coefficient (Wildman–Crippen LogP) is 0.231. The Balaban J connectivity index is 2.02. The molecular formula is C7H12N2O. The Kier molecular flexibility index (Phi) is 2.67. The number of likely N-dealkylation sites (tertiary alicyclic amines) is 1. The number of rotatable bonds is 3. The summed E-state index contributed by atoms with van der Waals surface area (Å²) in [6.45, 7) is 5.18. The minimum absolute atomic E-state index is 0.387. The fourth-order valence-corrected chi connectivity index (χ4v) is 1.09. The van der Waals surface area contributed by atoms with E-state index >= 15 is 0 Å². The summed E-state index contributed by atoms with van der Waals surface area (Å²) in [7, 11) is 0. The van der Waals surface area contributed by atoms with E-state index in [-0.39, 0.29) is 0 Å². The zero-order valence-electron chi connectivity index (χ0n) is 6.21. The van der Waals surface area contributed by atoms with Gasteiger partial charge in [0.2, 0.25) is 0 Å². The Morgan fingerprint density at radius 1 is 1.70 bits per heavy atom. The van der Waals surface area contributed by atoms with E-state index in [0.29, 0.717) is 12.6 Å². The lowest BCUT2D eigenvalue weighted by atomic mass is 10.2. The van der Waals surface area contributed by atoms with Gasteiger partial charge in [-0.1, -0.05) is 0 Å². The highest BCUT2D eigenvalue weighted by molar-refractivity contribution is 4.87. The molecule has 0 aromatic carbocycles. The fourth-order valence-electron chi connectivity index (χ4n) is 1.09. The van der Waals surface area contributed by atoms with Crippen molar-refractivity contribution in [3.05, 3.63) is 0 Å². The Morgan fingerprint density at radius 2 is 2.40 bits per heavy atom. The number of nitriles is 1. The minimum atomic E-state index is 0.387. The second kappa shape index (κ2) is 3.55. The number of ether oxygens (including phenoxy) is 1. The van der Waals surface area contributed by atoms with Gasteiger partial charge in [0.05, 0.1) is 18.7 Å². The van der Waals surface area contributed by atoms with E-state index in [1.54, 1.807) is 0 Å². The van der Waals surface area contributed by atoms with Crippen molar-refractivity contribution in [1.82, 2.24) is 4.90 Å². The van der Waals surface area contributed by atoms with Crippen LogP contribution in [0.25, 0.3) is 0 Å². The first-order valence-corrected chi connectivity index (χ1v) is 3.57. The molecule has 0 aromatic heterocycles. The number of hydrogen-bond acceptors (Lipinski definition) is 3. The van der Waals surface area contributed by atoms with Gasteiger partial charge in [-0.25, -0.2) is 0 Å². The van der Waals surface area contributed by atoms with E-state index in [0.717, 1.165) is 19.7 Å². The quantitative estimate of drug-likeness (QED) is 0.526. The first-order valence-electron chi connectivity index (χ1n) is 3.57. The second-order valence-electron chi connectivity index (χ2n) is 2.43. The van der Waals surface area contributed by atoms with Gasteiger partial charge in [-0.3, -0.25) is 4.90 Å². The van der Waals surface area contributed by atoms with Crippen LogP contribution in [0.3, 0.4) is 0 Å². The molecule has 0 radical (unpaired) electrons. The Morgan fingerprint density at radius 3 is 2.90 bits per heavy atom. The van der Waals surface area contributed by atoms with Gasteiger partial charge in [-0.15, -0.1) is 0 Å². The molecule has 1 aliphatic heterocycles. The van der Waals surface area contributed by atoms with Crippen LogP contribution in [0.4, 0.5) is 0 Å². The maximum Gasteiger partial charge on any atom is 0.0867 e. The molecule has 3 nitrogen and oxygen atoms in total. The Bertz CT molecular complexity index is 135. The molecule has 0 N–H and O–H groups in total. The summed E-state index contributed by atoms with van der Waals surface area (Å²) < 4.78 is 5.30. The molecule has 10 heavy (non-hydrogen) atoms. The van der Waals surface area contributed by atoms with Crippen LogP contribution >= 0.6 is 0 Å². The van der Waals surface area contributed by atoms with E-state index in [1.807, 2.05) is 6.92 Å². The largest absolute Gasteiger partial charge is 0.376 e. The monoisotopic (exact) mass is 140 g/mol. The summed E-state index contributed by atoms with van der Waals surface area (Å²) in [4.78, 5) is 2.07. The van der Waals surface area contributed by atoms with Crippen molar-refractivity contribution >= 4 is 0 Å². The number of nitrogens with zero attached hydrogens (tertiary/aromatic N) is 2. The fraction of sp³-hybridized carbons (Fsp3) is 0.857. The molecule has 0 unspecified atom stereocenters. The van der Waals surface area contributed by atoms with E-state index < -0.39 is 0 Å². The summed E-state index contributed by atoms with van der Waals surface area (Å²) in [5, 5.41) is 8.29. The van der Waals surface area contributed by atoms with Crippen molar-refractivity contribution in [3.8, 4) is 6.07 Å². The zero-order valence-corrected chi connectivity index (χ0v) is 6.21. The van der Waals surface area contributed by atoms with Gasteiger partial charge in [0.25, 0.3) is 0 Å². The summed E-state index contributed by atoms with van der Waals surface area (Å²) in [6.07, 6.45) is 0.387. The SMILES string of the molecule is CCOC1CN(CC#N)C1. The standard InChI is InChI=1S/C7H12N2O/c1-2-10-7-5-9(6-7)4-3-8/h7H,2,4-6H2,1H3. The topological polar surface area (TPSA) is 36.3 Å². The van der Waals surface area contributed by atoms with Crippen LogP contribution in [-0.4, -0.2) is 37.2 Å². The van der Waals surface area contributed by atoms with E-state index in [9.17, 15) is 0 Å². The minimum Gasteiger partial charge on any atom is -0.376 e. The molecule has 0 atom stereocenters.